The van der Waals surface area contributed by atoms with Crippen LogP contribution in [0.4, 0.5) is 23.7 Å². The van der Waals surface area contributed by atoms with Crippen molar-refractivity contribution in [3.63, 3.8) is 0 Å². The Morgan fingerprint density at radius 3 is 2.62 bits per heavy atom. The van der Waals surface area contributed by atoms with E-state index in [9.17, 15) is 18.0 Å². The molecule has 0 spiro atoms. The number of carbonyl (C=O) groups is 1. The number of amides is 2. The normalized spacial score (nSPS) is 19.1. The molecule has 1 aliphatic heterocycles. The molecule has 0 bridgehead atoms. The summed E-state index contributed by atoms with van der Waals surface area (Å²) in [6.45, 7) is 2.27. The average Bonchev–Trinajstić information content (AvgIpc) is 2.46. The van der Waals surface area contributed by atoms with Crippen molar-refractivity contribution < 1.29 is 22.7 Å². The molecule has 5 nitrogen and oxygen atoms in total. The van der Waals surface area contributed by atoms with Gasteiger partial charge in [-0.1, -0.05) is 0 Å². The van der Waals surface area contributed by atoms with Crippen LogP contribution in [-0.4, -0.2) is 38.4 Å². The second kappa shape index (κ2) is 6.77. The molecule has 1 aromatic rings. The van der Waals surface area contributed by atoms with Gasteiger partial charge in [-0.15, -0.1) is 0 Å². The first-order valence-electron chi connectivity index (χ1n) is 6.48. The second-order valence-electron chi connectivity index (χ2n) is 4.64. The summed E-state index contributed by atoms with van der Waals surface area (Å²) in [7, 11) is 0. The fourth-order valence-electron chi connectivity index (χ4n) is 1.88. The highest BCUT2D eigenvalue weighted by Gasteiger charge is 2.29. The predicted octanol–water partition coefficient (Wildman–Crippen LogP) is 1.82. The van der Waals surface area contributed by atoms with Crippen LogP contribution in [0.25, 0.3) is 0 Å². The number of ether oxygens (including phenoxy) is 1. The molecular formula is C13H16F3N3O2. The van der Waals surface area contributed by atoms with Gasteiger partial charge in [-0.2, -0.15) is 13.2 Å². The van der Waals surface area contributed by atoms with Gasteiger partial charge in [0.05, 0.1) is 18.8 Å². The molecule has 1 aliphatic rings. The zero-order valence-electron chi connectivity index (χ0n) is 11.2. The van der Waals surface area contributed by atoms with Crippen molar-refractivity contribution in [3.8, 4) is 0 Å². The number of nitrogens with one attached hydrogen (secondary N) is 3. The highest BCUT2D eigenvalue weighted by Crippen LogP contribution is 2.29. The van der Waals surface area contributed by atoms with Gasteiger partial charge in [0.15, 0.2) is 0 Å². The first-order valence-corrected chi connectivity index (χ1v) is 6.48. The van der Waals surface area contributed by atoms with E-state index >= 15 is 0 Å². The van der Waals surface area contributed by atoms with Gasteiger partial charge in [0.1, 0.15) is 0 Å². The molecule has 21 heavy (non-hydrogen) atoms. The molecule has 0 saturated carbocycles. The van der Waals surface area contributed by atoms with Crippen LogP contribution < -0.4 is 16.0 Å². The number of morpholine rings is 1. The van der Waals surface area contributed by atoms with Gasteiger partial charge in [0.2, 0.25) is 0 Å². The van der Waals surface area contributed by atoms with Gasteiger partial charge in [0.25, 0.3) is 0 Å². The van der Waals surface area contributed by atoms with Crippen LogP contribution in [0, 0.1) is 0 Å². The predicted molar refractivity (Wildman–Crippen MR) is 71.1 cm³/mol. The number of urea groups is 1. The van der Waals surface area contributed by atoms with Crippen molar-refractivity contribution in [2.24, 2.45) is 0 Å². The van der Waals surface area contributed by atoms with E-state index in [4.69, 9.17) is 4.74 Å². The Hall–Kier alpha value is -1.80. The molecule has 8 heteroatoms. The number of hydrogen-bond donors (Lipinski definition) is 3. The van der Waals surface area contributed by atoms with Gasteiger partial charge < -0.3 is 20.7 Å². The van der Waals surface area contributed by atoms with E-state index in [1.54, 1.807) is 0 Å². The summed E-state index contributed by atoms with van der Waals surface area (Å²) in [5, 5.41) is 8.27. The minimum atomic E-state index is -4.38. The van der Waals surface area contributed by atoms with Crippen LogP contribution in [0.3, 0.4) is 0 Å². The molecule has 1 heterocycles. The first-order chi connectivity index (χ1) is 9.95. The zero-order valence-corrected chi connectivity index (χ0v) is 11.2. The Kier molecular flexibility index (Phi) is 5.03. The average molecular weight is 303 g/mol. The molecule has 1 saturated heterocycles. The molecule has 2 amide bonds. The SMILES string of the molecule is O=C(NCC1COCCN1)Nc1ccc(C(F)(F)F)cc1. The molecule has 116 valence electrons. The van der Waals surface area contributed by atoms with Gasteiger partial charge in [0, 0.05) is 24.8 Å². The van der Waals surface area contributed by atoms with Crippen LogP contribution in [0.2, 0.25) is 0 Å². The van der Waals surface area contributed by atoms with Gasteiger partial charge >= 0.3 is 12.2 Å². The molecule has 2 rings (SSSR count). The van der Waals surface area contributed by atoms with Gasteiger partial charge in [-0.05, 0) is 24.3 Å². The van der Waals surface area contributed by atoms with Gasteiger partial charge in [-0.3, -0.25) is 0 Å². The van der Waals surface area contributed by atoms with Crippen LogP contribution in [0.5, 0.6) is 0 Å². The highest BCUT2D eigenvalue weighted by molar-refractivity contribution is 5.89. The smallest absolute Gasteiger partial charge is 0.378 e. The van der Waals surface area contributed by atoms with E-state index < -0.39 is 17.8 Å². The summed E-state index contributed by atoms with van der Waals surface area (Å²) in [5.41, 5.74) is -0.453. The maximum atomic E-state index is 12.4. The molecule has 0 radical (unpaired) electrons. The van der Waals surface area contributed by atoms with Gasteiger partial charge in [-0.25, -0.2) is 4.79 Å². The lowest BCUT2D eigenvalue weighted by Crippen LogP contribution is -2.49. The van der Waals surface area contributed by atoms with E-state index in [1.165, 1.54) is 12.1 Å². The third-order valence-corrected chi connectivity index (χ3v) is 2.98. The third kappa shape index (κ3) is 4.91. The summed E-state index contributed by atoms with van der Waals surface area (Å²) in [6.07, 6.45) is -4.38. The highest BCUT2D eigenvalue weighted by atomic mass is 19.4. The Morgan fingerprint density at radius 2 is 2.05 bits per heavy atom. The minimum absolute atomic E-state index is 0.0390. The summed E-state index contributed by atoms with van der Waals surface area (Å²) in [4.78, 5) is 11.6. The molecule has 1 atom stereocenters. The van der Waals surface area contributed by atoms with Crippen molar-refractivity contribution in [2.45, 2.75) is 12.2 Å². The van der Waals surface area contributed by atoms with E-state index in [2.05, 4.69) is 16.0 Å². The second-order valence-corrected chi connectivity index (χ2v) is 4.64. The third-order valence-electron chi connectivity index (χ3n) is 2.98. The first kappa shape index (κ1) is 15.6. The molecule has 0 aromatic heterocycles. The topological polar surface area (TPSA) is 62.4 Å². The summed E-state index contributed by atoms with van der Waals surface area (Å²) >= 11 is 0. The Balaban J connectivity index is 1.79. The Bertz CT molecular complexity index is 471. The zero-order chi connectivity index (χ0) is 15.3. The van der Waals surface area contributed by atoms with Crippen molar-refractivity contribution in [2.75, 3.05) is 31.6 Å². The van der Waals surface area contributed by atoms with Crippen LogP contribution in [0.15, 0.2) is 24.3 Å². The Labute approximate surface area is 119 Å². The summed E-state index contributed by atoms with van der Waals surface area (Å²) in [5.74, 6) is 0. The number of rotatable bonds is 3. The number of alkyl halides is 3. The summed E-state index contributed by atoms with van der Waals surface area (Å²) < 4.78 is 42.4. The molecular weight excluding hydrogens is 287 g/mol. The fourth-order valence-corrected chi connectivity index (χ4v) is 1.88. The Morgan fingerprint density at radius 1 is 1.33 bits per heavy atom. The fraction of sp³-hybridized carbons (Fsp3) is 0.462. The van der Waals surface area contributed by atoms with Crippen molar-refractivity contribution in [1.29, 1.82) is 0 Å². The van der Waals surface area contributed by atoms with E-state index in [1.807, 2.05) is 0 Å². The molecule has 1 unspecified atom stereocenters. The molecule has 1 fully saturated rings. The largest absolute Gasteiger partial charge is 0.416 e. The monoisotopic (exact) mass is 303 g/mol. The maximum absolute atomic E-state index is 12.4. The van der Waals surface area contributed by atoms with Crippen LogP contribution in [0.1, 0.15) is 5.56 Å². The number of carbonyl (C=O) groups excluding carboxylic acids is 1. The van der Waals surface area contributed by atoms with E-state index in [0.29, 0.717) is 25.4 Å². The molecule has 1 aromatic carbocycles. The van der Waals surface area contributed by atoms with Crippen LogP contribution >= 0.6 is 0 Å². The quantitative estimate of drug-likeness (QED) is 0.798. The number of anilines is 1. The standard InChI is InChI=1S/C13H16F3N3O2/c14-13(15,16)9-1-3-10(4-2-9)19-12(20)18-7-11-8-21-6-5-17-11/h1-4,11,17H,5-8H2,(H2,18,19,20). The lowest BCUT2D eigenvalue weighted by Gasteiger charge is -2.23. The van der Waals surface area contributed by atoms with Crippen LogP contribution in [-0.2, 0) is 10.9 Å². The van der Waals surface area contributed by atoms with Crippen molar-refractivity contribution in [3.05, 3.63) is 29.8 Å². The van der Waals surface area contributed by atoms with E-state index in [-0.39, 0.29) is 6.04 Å². The number of benzene rings is 1. The number of hydrogen-bond acceptors (Lipinski definition) is 3. The lowest BCUT2D eigenvalue weighted by atomic mass is 10.2. The maximum Gasteiger partial charge on any atom is 0.416 e. The van der Waals surface area contributed by atoms with E-state index in [0.717, 1.165) is 18.7 Å². The summed E-state index contributed by atoms with van der Waals surface area (Å²) in [6, 6.07) is 3.84. The number of halogens is 3. The molecule has 3 N–H and O–H groups in total. The van der Waals surface area contributed by atoms with Crippen molar-refractivity contribution >= 4 is 11.7 Å². The minimum Gasteiger partial charge on any atom is -0.378 e. The lowest BCUT2D eigenvalue weighted by molar-refractivity contribution is -0.137. The molecule has 0 aliphatic carbocycles. The van der Waals surface area contributed by atoms with Crippen molar-refractivity contribution in [1.82, 2.24) is 10.6 Å².